The molecule has 0 unspecified atom stereocenters. The third kappa shape index (κ3) is 2.68. The SMILES string of the molecule is CCc1ncc2c(n1)CN(C(=O)Cc1c(C)[nH]c3c(C)ccc(C)c13)C2. The summed E-state index contributed by atoms with van der Waals surface area (Å²) in [6.07, 6.45) is 3.10. The zero-order valence-electron chi connectivity index (χ0n) is 15.8. The van der Waals surface area contributed by atoms with Crippen molar-refractivity contribution < 1.29 is 4.79 Å². The Hall–Kier alpha value is -2.69. The van der Waals surface area contributed by atoms with Gasteiger partial charge < -0.3 is 9.88 Å². The number of fused-ring (bicyclic) bond motifs is 2. The van der Waals surface area contributed by atoms with Crippen molar-refractivity contribution in [2.24, 2.45) is 0 Å². The number of hydrogen-bond acceptors (Lipinski definition) is 3. The number of H-pyrrole nitrogens is 1. The molecule has 3 heterocycles. The van der Waals surface area contributed by atoms with Crippen molar-refractivity contribution in [2.75, 3.05) is 0 Å². The molecule has 1 amide bonds. The van der Waals surface area contributed by atoms with Crippen LogP contribution in [0.1, 0.15) is 46.4 Å². The van der Waals surface area contributed by atoms with Gasteiger partial charge in [0.25, 0.3) is 0 Å². The number of aromatic amines is 1. The predicted octanol–water partition coefficient (Wildman–Crippen LogP) is 3.53. The number of aromatic nitrogens is 3. The van der Waals surface area contributed by atoms with Gasteiger partial charge in [0, 0.05) is 41.3 Å². The second-order valence-corrected chi connectivity index (χ2v) is 7.22. The van der Waals surface area contributed by atoms with Crippen molar-refractivity contribution >= 4 is 16.8 Å². The summed E-state index contributed by atoms with van der Waals surface area (Å²) in [7, 11) is 0. The van der Waals surface area contributed by atoms with Gasteiger partial charge in [-0.2, -0.15) is 0 Å². The zero-order valence-corrected chi connectivity index (χ0v) is 15.8. The van der Waals surface area contributed by atoms with Crippen LogP contribution in [0.2, 0.25) is 0 Å². The highest BCUT2D eigenvalue weighted by molar-refractivity contribution is 5.94. The highest BCUT2D eigenvalue weighted by atomic mass is 16.2. The van der Waals surface area contributed by atoms with Crippen LogP contribution in [-0.2, 0) is 30.7 Å². The molecule has 26 heavy (non-hydrogen) atoms. The van der Waals surface area contributed by atoms with E-state index in [1.807, 2.05) is 18.0 Å². The number of carbonyl (C=O) groups is 1. The van der Waals surface area contributed by atoms with Crippen molar-refractivity contribution in [3.8, 4) is 0 Å². The molecule has 4 rings (SSSR count). The van der Waals surface area contributed by atoms with Crippen molar-refractivity contribution in [1.82, 2.24) is 19.9 Å². The second kappa shape index (κ2) is 6.24. The first-order valence-corrected chi connectivity index (χ1v) is 9.16. The van der Waals surface area contributed by atoms with E-state index in [1.54, 1.807) is 0 Å². The van der Waals surface area contributed by atoms with Gasteiger partial charge in [-0.1, -0.05) is 19.1 Å². The fourth-order valence-corrected chi connectivity index (χ4v) is 3.84. The summed E-state index contributed by atoms with van der Waals surface area (Å²) in [6, 6.07) is 4.26. The maximum Gasteiger partial charge on any atom is 0.227 e. The number of amides is 1. The summed E-state index contributed by atoms with van der Waals surface area (Å²) >= 11 is 0. The van der Waals surface area contributed by atoms with Gasteiger partial charge in [0.05, 0.1) is 18.7 Å². The number of rotatable bonds is 3. The van der Waals surface area contributed by atoms with E-state index in [0.717, 1.165) is 40.3 Å². The number of hydrogen-bond donors (Lipinski definition) is 1. The van der Waals surface area contributed by atoms with Crippen LogP contribution in [0.4, 0.5) is 0 Å². The Bertz CT molecular complexity index is 1020. The first-order chi connectivity index (χ1) is 12.5. The van der Waals surface area contributed by atoms with Gasteiger partial charge in [-0.15, -0.1) is 0 Å². The lowest BCUT2D eigenvalue weighted by molar-refractivity contribution is -0.131. The Balaban J connectivity index is 1.61. The van der Waals surface area contributed by atoms with E-state index in [-0.39, 0.29) is 5.91 Å². The van der Waals surface area contributed by atoms with Gasteiger partial charge in [-0.05, 0) is 37.5 Å². The smallest absolute Gasteiger partial charge is 0.227 e. The Morgan fingerprint density at radius 1 is 1.19 bits per heavy atom. The fourth-order valence-electron chi connectivity index (χ4n) is 3.84. The van der Waals surface area contributed by atoms with Crippen LogP contribution in [0.5, 0.6) is 0 Å². The molecule has 1 N–H and O–H groups in total. The fraction of sp³-hybridized carbons (Fsp3) is 0.381. The van der Waals surface area contributed by atoms with Gasteiger partial charge in [-0.25, -0.2) is 9.97 Å². The van der Waals surface area contributed by atoms with E-state index >= 15 is 0 Å². The summed E-state index contributed by atoms with van der Waals surface area (Å²) in [5, 5.41) is 1.20. The van der Waals surface area contributed by atoms with E-state index < -0.39 is 0 Å². The number of carbonyl (C=O) groups excluding carboxylic acids is 1. The molecule has 1 aliphatic rings. The quantitative estimate of drug-likeness (QED) is 0.787. The molecule has 3 aromatic rings. The van der Waals surface area contributed by atoms with Crippen molar-refractivity contribution in [2.45, 2.75) is 53.6 Å². The van der Waals surface area contributed by atoms with Gasteiger partial charge in [0.15, 0.2) is 0 Å². The molecule has 5 nitrogen and oxygen atoms in total. The van der Waals surface area contributed by atoms with Crippen LogP contribution in [0.25, 0.3) is 10.9 Å². The van der Waals surface area contributed by atoms with Crippen molar-refractivity contribution in [1.29, 1.82) is 0 Å². The molecule has 0 radical (unpaired) electrons. The monoisotopic (exact) mass is 348 g/mol. The summed E-state index contributed by atoms with van der Waals surface area (Å²) < 4.78 is 0. The van der Waals surface area contributed by atoms with E-state index in [1.165, 1.54) is 16.5 Å². The molecule has 0 saturated carbocycles. The van der Waals surface area contributed by atoms with Crippen molar-refractivity contribution in [3.05, 3.63) is 57.8 Å². The van der Waals surface area contributed by atoms with E-state index in [2.05, 4.69) is 47.9 Å². The first kappa shape index (κ1) is 16.8. The lowest BCUT2D eigenvalue weighted by Gasteiger charge is -2.15. The van der Waals surface area contributed by atoms with Crippen LogP contribution >= 0.6 is 0 Å². The molecule has 2 aromatic heterocycles. The Morgan fingerprint density at radius 3 is 2.73 bits per heavy atom. The molecule has 0 saturated heterocycles. The van der Waals surface area contributed by atoms with Crippen LogP contribution in [0.15, 0.2) is 18.3 Å². The highest BCUT2D eigenvalue weighted by Crippen LogP contribution is 2.29. The molecule has 0 bridgehead atoms. The summed E-state index contributed by atoms with van der Waals surface area (Å²) in [6.45, 7) is 9.50. The maximum absolute atomic E-state index is 13.0. The minimum absolute atomic E-state index is 0.144. The van der Waals surface area contributed by atoms with E-state index in [0.29, 0.717) is 19.5 Å². The minimum Gasteiger partial charge on any atom is -0.358 e. The maximum atomic E-state index is 13.0. The van der Waals surface area contributed by atoms with Gasteiger partial charge in [0.1, 0.15) is 5.82 Å². The van der Waals surface area contributed by atoms with Crippen LogP contribution in [0, 0.1) is 20.8 Å². The lowest BCUT2D eigenvalue weighted by atomic mass is 10.0. The zero-order chi connectivity index (χ0) is 18.4. The molecule has 1 aromatic carbocycles. The molecular formula is C21H24N4O. The first-order valence-electron chi connectivity index (χ1n) is 9.16. The molecule has 134 valence electrons. The molecule has 5 heteroatoms. The van der Waals surface area contributed by atoms with Crippen LogP contribution < -0.4 is 0 Å². The summed E-state index contributed by atoms with van der Waals surface area (Å²) in [5.41, 5.74) is 7.82. The molecule has 0 spiro atoms. The lowest BCUT2D eigenvalue weighted by Crippen LogP contribution is -2.27. The Labute approximate surface area is 153 Å². The molecule has 0 aliphatic carbocycles. The average molecular weight is 348 g/mol. The predicted molar refractivity (Wildman–Crippen MR) is 102 cm³/mol. The third-order valence-electron chi connectivity index (χ3n) is 5.39. The summed E-state index contributed by atoms with van der Waals surface area (Å²) in [4.78, 5) is 27.3. The van der Waals surface area contributed by atoms with Gasteiger partial charge in [0.2, 0.25) is 5.91 Å². The summed E-state index contributed by atoms with van der Waals surface area (Å²) in [5.74, 6) is 0.988. The molecule has 0 fully saturated rings. The minimum atomic E-state index is 0.144. The van der Waals surface area contributed by atoms with Crippen LogP contribution in [-0.4, -0.2) is 25.8 Å². The second-order valence-electron chi connectivity index (χ2n) is 7.22. The Kier molecular flexibility index (Phi) is 4.02. The molecule has 1 aliphatic heterocycles. The number of nitrogens with zero attached hydrogens (tertiary/aromatic N) is 3. The third-order valence-corrected chi connectivity index (χ3v) is 5.39. The van der Waals surface area contributed by atoms with Gasteiger partial charge in [-0.3, -0.25) is 4.79 Å². The average Bonchev–Trinajstić information content (AvgIpc) is 3.20. The van der Waals surface area contributed by atoms with Crippen LogP contribution in [0.3, 0.4) is 0 Å². The molecule has 0 atom stereocenters. The topological polar surface area (TPSA) is 61.9 Å². The standard InChI is InChI=1S/C21H24N4O/c1-5-18-22-9-15-10-25(11-17(15)24-18)19(26)8-16-14(4)23-21-13(3)7-6-12(2)20(16)21/h6-7,9,23H,5,8,10-11H2,1-4H3. The number of aryl methyl sites for hydroxylation is 4. The normalized spacial score (nSPS) is 13.5. The number of nitrogens with one attached hydrogen (secondary N) is 1. The largest absolute Gasteiger partial charge is 0.358 e. The number of benzene rings is 1. The Morgan fingerprint density at radius 2 is 1.96 bits per heavy atom. The van der Waals surface area contributed by atoms with E-state index in [9.17, 15) is 4.79 Å². The van der Waals surface area contributed by atoms with E-state index in [4.69, 9.17) is 0 Å². The molecular weight excluding hydrogens is 324 g/mol. The van der Waals surface area contributed by atoms with Gasteiger partial charge >= 0.3 is 0 Å². The highest BCUT2D eigenvalue weighted by Gasteiger charge is 2.26. The van der Waals surface area contributed by atoms with Crippen molar-refractivity contribution in [3.63, 3.8) is 0 Å².